The molecule has 31 heavy (non-hydrogen) atoms. The van der Waals surface area contributed by atoms with E-state index in [4.69, 9.17) is 15.5 Å². The summed E-state index contributed by atoms with van der Waals surface area (Å²) in [6.45, 7) is 5.84. The van der Waals surface area contributed by atoms with Crippen LogP contribution in [0.5, 0.6) is 0 Å². The molecule has 1 amide bonds. The third-order valence-electron chi connectivity index (χ3n) is 5.48. The topological polar surface area (TPSA) is 118 Å². The number of aromatic nitrogens is 1. The summed E-state index contributed by atoms with van der Waals surface area (Å²) < 4.78 is 5.05. The van der Waals surface area contributed by atoms with Crippen LogP contribution in [-0.4, -0.2) is 23.5 Å². The Morgan fingerprint density at radius 2 is 2.16 bits per heavy atom. The van der Waals surface area contributed by atoms with E-state index in [0.717, 1.165) is 46.5 Å². The van der Waals surface area contributed by atoms with Crippen molar-refractivity contribution in [3.05, 3.63) is 38.2 Å². The molecule has 9 heteroatoms. The molecule has 1 atom stereocenters. The molecule has 0 saturated carbocycles. The van der Waals surface area contributed by atoms with E-state index in [2.05, 4.69) is 24.4 Å². The molecule has 0 spiro atoms. The zero-order valence-electron chi connectivity index (χ0n) is 17.5. The number of pyridine rings is 1. The summed E-state index contributed by atoms with van der Waals surface area (Å²) in [5.74, 6) is -0.318. The van der Waals surface area contributed by atoms with E-state index in [9.17, 15) is 14.9 Å². The number of aryl methyl sites for hydroxylation is 1. The Morgan fingerprint density at radius 1 is 1.39 bits per heavy atom. The van der Waals surface area contributed by atoms with Gasteiger partial charge in [0.1, 0.15) is 25.7 Å². The molecule has 0 aromatic carbocycles. The fraction of sp³-hybridized carbons (Fsp3) is 0.364. The zero-order valence-corrected chi connectivity index (χ0v) is 19.1. The number of nitrogens with one attached hydrogen (secondary N) is 1. The molecule has 1 aliphatic carbocycles. The van der Waals surface area contributed by atoms with E-state index in [-0.39, 0.29) is 12.2 Å². The Balaban J connectivity index is 1.68. The van der Waals surface area contributed by atoms with Crippen molar-refractivity contribution < 1.29 is 14.3 Å². The molecule has 3 N–H and O–H groups in total. The van der Waals surface area contributed by atoms with E-state index < -0.39 is 11.9 Å². The quantitative estimate of drug-likeness (QED) is 0.553. The number of esters is 1. The third-order valence-corrected chi connectivity index (χ3v) is 7.79. The molecule has 0 fully saturated rings. The molecule has 0 bridgehead atoms. The maximum absolute atomic E-state index is 13.0. The maximum atomic E-state index is 13.0. The number of carbonyl (C=O) groups excluding carboxylic acids is 2. The standard InChI is InChI=1S/C22H22N4O3S2/c1-4-29-22(28)17-11(3)14(9-23)21(30-17)26-19(27)18-16(24)13-8-12-7-10(2)5-6-15(12)25-20(13)31-18/h8,10H,4-7,24H2,1-3H3,(H,26,27). The number of ether oxygens (including phenoxy) is 1. The number of anilines is 2. The van der Waals surface area contributed by atoms with Gasteiger partial charge in [0.15, 0.2) is 0 Å². The normalized spacial score (nSPS) is 15.4. The summed E-state index contributed by atoms with van der Waals surface area (Å²) >= 11 is 2.28. The number of nitrogen functional groups attached to an aromatic ring is 1. The van der Waals surface area contributed by atoms with Gasteiger partial charge in [0.05, 0.1) is 17.9 Å². The van der Waals surface area contributed by atoms with Crippen LogP contribution < -0.4 is 11.1 Å². The van der Waals surface area contributed by atoms with Gasteiger partial charge in [-0.2, -0.15) is 5.26 Å². The van der Waals surface area contributed by atoms with Crippen LogP contribution in [0.3, 0.4) is 0 Å². The number of fused-ring (bicyclic) bond motifs is 2. The lowest BCUT2D eigenvalue weighted by molar-refractivity contribution is 0.0531. The molecular weight excluding hydrogens is 432 g/mol. The Hall–Kier alpha value is -2.96. The lowest BCUT2D eigenvalue weighted by Gasteiger charge is -2.20. The van der Waals surface area contributed by atoms with Crippen LogP contribution in [0.15, 0.2) is 6.07 Å². The van der Waals surface area contributed by atoms with Gasteiger partial charge >= 0.3 is 5.97 Å². The van der Waals surface area contributed by atoms with Crippen LogP contribution in [0.1, 0.15) is 62.0 Å². The van der Waals surface area contributed by atoms with Crippen LogP contribution >= 0.6 is 22.7 Å². The molecule has 0 aliphatic heterocycles. The Labute approximate surface area is 187 Å². The Kier molecular flexibility index (Phi) is 5.69. The molecule has 0 radical (unpaired) electrons. The third kappa shape index (κ3) is 3.77. The lowest BCUT2D eigenvalue weighted by Crippen LogP contribution is -2.12. The van der Waals surface area contributed by atoms with Crippen molar-refractivity contribution in [1.29, 1.82) is 5.26 Å². The number of carbonyl (C=O) groups is 2. The average molecular weight is 455 g/mol. The van der Waals surface area contributed by atoms with Gasteiger partial charge in [0.2, 0.25) is 0 Å². The SMILES string of the molecule is CCOC(=O)c1sc(NC(=O)c2sc3nc4c(cc3c2N)CC(C)CC4)c(C#N)c1C. The van der Waals surface area contributed by atoms with E-state index in [1.165, 1.54) is 16.9 Å². The molecule has 0 saturated heterocycles. The van der Waals surface area contributed by atoms with E-state index in [0.29, 0.717) is 31.9 Å². The summed E-state index contributed by atoms with van der Waals surface area (Å²) in [6, 6.07) is 4.13. The second kappa shape index (κ2) is 8.29. The minimum absolute atomic E-state index is 0.230. The fourth-order valence-corrected chi connectivity index (χ4v) is 5.87. The molecule has 4 rings (SSSR count). The molecule has 1 aliphatic rings. The van der Waals surface area contributed by atoms with E-state index >= 15 is 0 Å². The molecule has 7 nitrogen and oxygen atoms in total. The number of rotatable bonds is 4. The van der Waals surface area contributed by atoms with Crippen molar-refractivity contribution in [2.24, 2.45) is 5.92 Å². The lowest BCUT2D eigenvalue weighted by atomic mass is 9.87. The molecule has 3 aromatic rings. The first-order chi connectivity index (χ1) is 14.8. The zero-order chi connectivity index (χ0) is 22.3. The Morgan fingerprint density at radius 3 is 2.87 bits per heavy atom. The number of hydrogen-bond donors (Lipinski definition) is 2. The number of nitriles is 1. The smallest absolute Gasteiger partial charge is 0.348 e. The van der Waals surface area contributed by atoms with Crippen molar-refractivity contribution in [3.8, 4) is 6.07 Å². The average Bonchev–Trinajstić information content (AvgIpc) is 3.23. The summed E-state index contributed by atoms with van der Waals surface area (Å²) in [7, 11) is 0. The minimum atomic E-state index is -0.507. The highest BCUT2D eigenvalue weighted by atomic mass is 32.1. The van der Waals surface area contributed by atoms with E-state index in [1.807, 2.05) is 0 Å². The predicted molar refractivity (Wildman–Crippen MR) is 123 cm³/mol. The molecule has 1 unspecified atom stereocenters. The van der Waals surface area contributed by atoms with Crippen LogP contribution in [0, 0.1) is 24.2 Å². The van der Waals surface area contributed by atoms with Gasteiger partial charge in [-0.15, -0.1) is 22.7 Å². The highest BCUT2D eigenvalue weighted by molar-refractivity contribution is 7.21. The van der Waals surface area contributed by atoms with Gasteiger partial charge in [-0.3, -0.25) is 4.79 Å². The van der Waals surface area contributed by atoms with Gasteiger partial charge in [-0.05, 0) is 56.2 Å². The summed E-state index contributed by atoms with van der Waals surface area (Å²) in [6.07, 6.45) is 3.01. The number of nitrogens with zero attached hydrogens (tertiary/aromatic N) is 2. The summed E-state index contributed by atoms with van der Waals surface area (Å²) in [4.78, 5) is 31.4. The molecule has 160 valence electrons. The van der Waals surface area contributed by atoms with Crippen LogP contribution in [0.25, 0.3) is 10.2 Å². The van der Waals surface area contributed by atoms with Crippen molar-refractivity contribution in [2.45, 2.75) is 40.0 Å². The van der Waals surface area contributed by atoms with Crippen molar-refractivity contribution in [1.82, 2.24) is 4.98 Å². The second-order valence-electron chi connectivity index (χ2n) is 7.69. The second-order valence-corrected chi connectivity index (χ2v) is 9.71. The van der Waals surface area contributed by atoms with Gasteiger partial charge in [0, 0.05) is 11.1 Å². The van der Waals surface area contributed by atoms with Crippen molar-refractivity contribution in [3.63, 3.8) is 0 Å². The predicted octanol–water partition coefficient (Wildman–Crippen LogP) is 4.67. The molecular formula is C22H22N4O3S2. The van der Waals surface area contributed by atoms with Gasteiger partial charge in [-0.25, -0.2) is 9.78 Å². The molecule has 3 aromatic heterocycles. The van der Waals surface area contributed by atoms with Gasteiger partial charge in [-0.1, -0.05) is 6.92 Å². The van der Waals surface area contributed by atoms with Crippen molar-refractivity contribution in [2.75, 3.05) is 17.7 Å². The summed E-state index contributed by atoms with van der Waals surface area (Å²) in [5, 5.41) is 13.4. The van der Waals surface area contributed by atoms with Gasteiger partial charge in [0.25, 0.3) is 5.91 Å². The number of amides is 1. The van der Waals surface area contributed by atoms with Gasteiger partial charge < -0.3 is 15.8 Å². The van der Waals surface area contributed by atoms with Crippen LogP contribution in [0.2, 0.25) is 0 Å². The highest BCUT2D eigenvalue weighted by Crippen LogP contribution is 2.38. The highest BCUT2D eigenvalue weighted by Gasteiger charge is 2.25. The van der Waals surface area contributed by atoms with Crippen molar-refractivity contribution >= 4 is 55.5 Å². The Bertz CT molecular complexity index is 1250. The minimum Gasteiger partial charge on any atom is -0.462 e. The fourth-order valence-electron chi connectivity index (χ4n) is 3.83. The monoisotopic (exact) mass is 454 g/mol. The first-order valence-electron chi connectivity index (χ1n) is 10.1. The first kappa shape index (κ1) is 21.3. The summed E-state index contributed by atoms with van der Waals surface area (Å²) in [5.41, 5.74) is 9.75. The molecule has 3 heterocycles. The number of nitrogens with two attached hydrogens (primary N) is 1. The first-order valence-corrected chi connectivity index (χ1v) is 11.7. The number of thiophene rings is 2. The largest absolute Gasteiger partial charge is 0.462 e. The van der Waals surface area contributed by atoms with E-state index in [1.54, 1.807) is 13.8 Å². The maximum Gasteiger partial charge on any atom is 0.348 e. The van der Waals surface area contributed by atoms with Crippen LogP contribution in [0.4, 0.5) is 10.7 Å². The number of hydrogen-bond acceptors (Lipinski definition) is 8. The van der Waals surface area contributed by atoms with Crippen LogP contribution in [-0.2, 0) is 17.6 Å².